The van der Waals surface area contributed by atoms with E-state index < -0.39 is 0 Å². The fraction of sp³-hybridized carbons (Fsp3) is 0.471. The van der Waals surface area contributed by atoms with Crippen LogP contribution in [0.5, 0.6) is 5.75 Å². The number of carbonyl (C=O) groups is 1. The summed E-state index contributed by atoms with van der Waals surface area (Å²) < 4.78 is 13.2. The minimum absolute atomic E-state index is 0.155. The summed E-state index contributed by atoms with van der Waals surface area (Å²) in [5.74, 6) is 1.25. The van der Waals surface area contributed by atoms with E-state index in [1.807, 2.05) is 23.6 Å². The number of ether oxygens (including phenoxy) is 2. The van der Waals surface area contributed by atoms with Crippen LogP contribution in [-0.4, -0.2) is 40.0 Å². The number of aryl methyl sites for hydroxylation is 1. The van der Waals surface area contributed by atoms with Crippen molar-refractivity contribution in [2.75, 3.05) is 13.2 Å². The van der Waals surface area contributed by atoms with E-state index in [0.29, 0.717) is 24.5 Å². The lowest BCUT2D eigenvalue weighted by molar-refractivity contribution is 0.0679. The molecule has 1 saturated heterocycles. The van der Waals surface area contributed by atoms with Gasteiger partial charge in [-0.2, -0.15) is 0 Å². The van der Waals surface area contributed by atoms with E-state index in [-0.39, 0.29) is 12.0 Å². The van der Waals surface area contributed by atoms with Crippen LogP contribution in [0, 0.1) is 0 Å². The molecule has 1 atom stereocenters. The molecule has 0 radical (unpaired) electrons. The van der Waals surface area contributed by atoms with Crippen LogP contribution in [0.2, 0.25) is 0 Å². The summed E-state index contributed by atoms with van der Waals surface area (Å²) in [5.41, 5.74) is 0.558. The fourth-order valence-corrected chi connectivity index (χ4v) is 2.63. The highest BCUT2D eigenvalue weighted by atomic mass is 16.5. The van der Waals surface area contributed by atoms with Gasteiger partial charge in [-0.05, 0) is 38.0 Å². The van der Waals surface area contributed by atoms with Crippen molar-refractivity contribution in [1.29, 1.82) is 0 Å². The van der Waals surface area contributed by atoms with Gasteiger partial charge in [-0.25, -0.2) is 0 Å². The number of hydrogen-bond acceptors (Lipinski definition) is 5. The number of rotatable bonds is 7. The molecule has 128 valence electrons. The molecule has 1 fully saturated rings. The van der Waals surface area contributed by atoms with Gasteiger partial charge in [0, 0.05) is 18.7 Å². The molecule has 0 spiro atoms. The van der Waals surface area contributed by atoms with Gasteiger partial charge >= 0.3 is 0 Å². The van der Waals surface area contributed by atoms with Crippen molar-refractivity contribution in [3.8, 4) is 5.75 Å². The van der Waals surface area contributed by atoms with Crippen molar-refractivity contribution < 1.29 is 14.3 Å². The first-order valence-corrected chi connectivity index (χ1v) is 8.25. The minimum Gasteiger partial charge on any atom is -0.491 e. The zero-order valence-electron chi connectivity index (χ0n) is 13.8. The molecule has 7 heteroatoms. The first-order valence-electron chi connectivity index (χ1n) is 8.25. The van der Waals surface area contributed by atoms with E-state index in [4.69, 9.17) is 9.47 Å². The second kappa shape index (κ2) is 7.92. The molecule has 0 aliphatic carbocycles. The Labute approximate surface area is 141 Å². The van der Waals surface area contributed by atoms with Crippen LogP contribution < -0.4 is 10.1 Å². The third-order valence-electron chi connectivity index (χ3n) is 4.00. The van der Waals surface area contributed by atoms with Crippen molar-refractivity contribution >= 4 is 5.91 Å². The van der Waals surface area contributed by atoms with Crippen LogP contribution in [0.25, 0.3) is 0 Å². The Balaban J connectivity index is 1.55. The zero-order chi connectivity index (χ0) is 16.8. The Kier molecular flexibility index (Phi) is 5.43. The van der Waals surface area contributed by atoms with Crippen molar-refractivity contribution in [3.63, 3.8) is 0 Å². The van der Waals surface area contributed by atoms with E-state index in [1.165, 1.54) is 0 Å². The molecular formula is C17H22N4O3. The molecule has 1 unspecified atom stereocenters. The van der Waals surface area contributed by atoms with Gasteiger partial charge in [0.2, 0.25) is 0 Å². The van der Waals surface area contributed by atoms with Gasteiger partial charge in [0.1, 0.15) is 18.7 Å². The second-order valence-corrected chi connectivity index (χ2v) is 5.69. The van der Waals surface area contributed by atoms with Crippen LogP contribution >= 0.6 is 0 Å². The highest BCUT2D eigenvalue weighted by Gasteiger charge is 2.16. The molecule has 1 N–H and O–H groups in total. The standard InChI is InChI=1S/C17H22N4O3/c1-2-21-12-19-20-16(21)10-18-17(22)13-5-3-6-14(9-13)24-11-15-7-4-8-23-15/h3,5-6,9,12,15H,2,4,7-8,10-11H2,1H3,(H,18,22). The molecule has 0 bridgehead atoms. The SMILES string of the molecule is CCn1cnnc1CNC(=O)c1cccc(OCC2CCCO2)c1. The van der Waals surface area contributed by atoms with Gasteiger partial charge in [0.15, 0.2) is 5.82 Å². The Morgan fingerprint density at radius 3 is 3.21 bits per heavy atom. The highest BCUT2D eigenvalue weighted by Crippen LogP contribution is 2.17. The predicted molar refractivity (Wildman–Crippen MR) is 87.8 cm³/mol. The van der Waals surface area contributed by atoms with Crippen molar-refractivity contribution in [3.05, 3.63) is 42.0 Å². The number of hydrogen-bond donors (Lipinski definition) is 1. The summed E-state index contributed by atoms with van der Waals surface area (Å²) in [7, 11) is 0. The maximum atomic E-state index is 12.3. The predicted octanol–water partition coefficient (Wildman–Crippen LogP) is 1.79. The number of amides is 1. The summed E-state index contributed by atoms with van der Waals surface area (Å²) >= 11 is 0. The average molecular weight is 330 g/mol. The van der Waals surface area contributed by atoms with Gasteiger partial charge in [-0.1, -0.05) is 6.07 Å². The molecule has 1 aliphatic rings. The quantitative estimate of drug-likeness (QED) is 0.837. The molecule has 24 heavy (non-hydrogen) atoms. The topological polar surface area (TPSA) is 78.3 Å². The van der Waals surface area contributed by atoms with Crippen LogP contribution in [-0.2, 0) is 17.8 Å². The molecule has 1 aromatic carbocycles. The fourth-order valence-electron chi connectivity index (χ4n) is 2.63. The van der Waals surface area contributed by atoms with Gasteiger partial charge in [-0.3, -0.25) is 4.79 Å². The zero-order valence-corrected chi connectivity index (χ0v) is 13.8. The maximum Gasteiger partial charge on any atom is 0.251 e. The van der Waals surface area contributed by atoms with E-state index in [1.54, 1.807) is 18.5 Å². The molecule has 1 amide bonds. The van der Waals surface area contributed by atoms with Crippen LogP contribution in [0.4, 0.5) is 0 Å². The summed E-state index contributed by atoms with van der Waals surface area (Å²) in [6.45, 7) is 4.44. The number of nitrogens with one attached hydrogen (secondary N) is 1. The highest BCUT2D eigenvalue weighted by molar-refractivity contribution is 5.94. The number of carbonyl (C=O) groups excluding carboxylic acids is 1. The van der Waals surface area contributed by atoms with Gasteiger partial charge < -0.3 is 19.4 Å². The molecule has 1 aliphatic heterocycles. The first-order chi connectivity index (χ1) is 11.8. The number of benzene rings is 1. The third kappa shape index (κ3) is 4.11. The summed E-state index contributed by atoms with van der Waals surface area (Å²) in [6, 6.07) is 7.17. The smallest absolute Gasteiger partial charge is 0.251 e. The van der Waals surface area contributed by atoms with Crippen LogP contribution in [0.3, 0.4) is 0 Å². The second-order valence-electron chi connectivity index (χ2n) is 5.69. The molecule has 2 heterocycles. The maximum absolute atomic E-state index is 12.3. The largest absolute Gasteiger partial charge is 0.491 e. The van der Waals surface area contributed by atoms with E-state index in [9.17, 15) is 4.79 Å². The minimum atomic E-state index is -0.164. The summed E-state index contributed by atoms with van der Waals surface area (Å²) in [6.07, 6.45) is 3.92. The Morgan fingerprint density at radius 2 is 2.42 bits per heavy atom. The first kappa shape index (κ1) is 16.4. The van der Waals surface area contributed by atoms with Gasteiger partial charge in [0.05, 0.1) is 12.6 Å². The molecule has 0 saturated carbocycles. The molecule has 2 aromatic rings. The molecular weight excluding hydrogens is 308 g/mol. The lowest BCUT2D eigenvalue weighted by Crippen LogP contribution is -2.24. The molecule has 1 aromatic heterocycles. The number of aromatic nitrogens is 3. The Hall–Kier alpha value is -2.41. The molecule has 7 nitrogen and oxygen atoms in total. The lowest BCUT2D eigenvalue weighted by atomic mass is 10.2. The van der Waals surface area contributed by atoms with Crippen LogP contribution in [0.15, 0.2) is 30.6 Å². The lowest BCUT2D eigenvalue weighted by Gasteiger charge is -2.12. The third-order valence-corrected chi connectivity index (χ3v) is 4.00. The Morgan fingerprint density at radius 1 is 1.50 bits per heavy atom. The number of nitrogens with zero attached hydrogens (tertiary/aromatic N) is 3. The summed E-state index contributed by atoms with van der Waals surface area (Å²) in [5, 5.41) is 10.7. The van der Waals surface area contributed by atoms with Crippen LogP contribution in [0.1, 0.15) is 35.9 Å². The molecule has 3 rings (SSSR count). The van der Waals surface area contributed by atoms with Crippen molar-refractivity contribution in [2.24, 2.45) is 0 Å². The normalized spacial score (nSPS) is 17.0. The van der Waals surface area contributed by atoms with Gasteiger partial charge in [0.25, 0.3) is 5.91 Å². The van der Waals surface area contributed by atoms with Crippen molar-refractivity contribution in [2.45, 2.75) is 39.0 Å². The van der Waals surface area contributed by atoms with E-state index >= 15 is 0 Å². The van der Waals surface area contributed by atoms with E-state index in [2.05, 4.69) is 15.5 Å². The van der Waals surface area contributed by atoms with Gasteiger partial charge in [-0.15, -0.1) is 10.2 Å². The van der Waals surface area contributed by atoms with E-state index in [0.717, 1.165) is 31.8 Å². The average Bonchev–Trinajstić information content (AvgIpc) is 3.29. The van der Waals surface area contributed by atoms with Crippen molar-refractivity contribution in [1.82, 2.24) is 20.1 Å². The Bertz CT molecular complexity index is 680. The monoisotopic (exact) mass is 330 g/mol. The summed E-state index contributed by atoms with van der Waals surface area (Å²) in [4.78, 5) is 12.3.